The van der Waals surface area contributed by atoms with Gasteiger partial charge in [-0.05, 0) is 33.0 Å². The van der Waals surface area contributed by atoms with E-state index in [1.54, 1.807) is 0 Å². The Kier molecular flexibility index (Phi) is 6.59. The summed E-state index contributed by atoms with van der Waals surface area (Å²) in [4.78, 5) is 13.3. The molecule has 1 aliphatic rings. The van der Waals surface area contributed by atoms with Gasteiger partial charge in [-0.3, -0.25) is 4.79 Å². The largest absolute Gasteiger partial charge is 0.469 e. The SMILES string of the molecule is CC.COC(=O)C1CCN(C)CC1. The highest BCUT2D eigenvalue weighted by Gasteiger charge is 2.23. The smallest absolute Gasteiger partial charge is 0.308 e. The molecule has 0 radical (unpaired) electrons. The van der Waals surface area contributed by atoms with Gasteiger partial charge in [0.2, 0.25) is 0 Å². The van der Waals surface area contributed by atoms with Crippen molar-refractivity contribution in [2.24, 2.45) is 5.92 Å². The van der Waals surface area contributed by atoms with Gasteiger partial charge in [0.05, 0.1) is 13.0 Å². The Morgan fingerprint density at radius 3 is 2.15 bits per heavy atom. The first-order chi connectivity index (χ1) is 6.24. The maximum atomic E-state index is 11.0. The molecule has 3 nitrogen and oxygen atoms in total. The second kappa shape index (κ2) is 6.89. The van der Waals surface area contributed by atoms with E-state index < -0.39 is 0 Å². The van der Waals surface area contributed by atoms with Gasteiger partial charge in [-0.2, -0.15) is 0 Å². The first-order valence-electron chi connectivity index (χ1n) is 5.00. The molecule has 1 rings (SSSR count). The van der Waals surface area contributed by atoms with Gasteiger partial charge in [-0.15, -0.1) is 0 Å². The van der Waals surface area contributed by atoms with Crippen LogP contribution < -0.4 is 0 Å². The van der Waals surface area contributed by atoms with Crippen molar-refractivity contribution in [1.82, 2.24) is 4.90 Å². The van der Waals surface area contributed by atoms with Gasteiger partial charge < -0.3 is 9.64 Å². The molecule has 0 bridgehead atoms. The van der Waals surface area contributed by atoms with Gasteiger partial charge in [-0.1, -0.05) is 13.8 Å². The average molecular weight is 187 g/mol. The zero-order valence-electron chi connectivity index (χ0n) is 9.17. The minimum Gasteiger partial charge on any atom is -0.469 e. The topological polar surface area (TPSA) is 29.5 Å². The number of piperidine rings is 1. The summed E-state index contributed by atoms with van der Waals surface area (Å²) in [5.74, 6) is 0.106. The Hall–Kier alpha value is -0.570. The number of ether oxygens (including phenoxy) is 1. The number of likely N-dealkylation sites (tertiary alicyclic amines) is 1. The lowest BCUT2D eigenvalue weighted by molar-refractivity contribution is -0.146. The molecular formula is C10H21NO2. The van der Waals surface area contributed by atoms with E-state index in [1.807, 2.05) is 13.8 Å². The molecule has 0 saturated carbocycles. The van der Waals surface area contributed by atoms with Crippen molar-refractivity contribution in [1.29, 1.82) is 0 Å². The van der Waals surface area contributed by atoms with Crippen molar-refractivity contribution in [3.63, 3.8) is 0 Å². The van der Waals surface area contributed by atoms with Gasteiger partial charge in [0.15, 0.2) is 0 Å². The van der Waals surface area contributed by atoms with Crippen molar-refractivity contribution in [3.05, 3.63) is 0 Å². The summed E-state index contributed by atoms with van der Waals surface area (Å²) in [6.07, 6.45) is 1.90. The number of hydrogen-bond donors (Lipinski definition) is 0. The standard InChI is InChI=1S/C8H15NO2.C2H6/c1-9-5-3-7(4-6-9)8(10)11-2;1-2/h7H,3-6H2,1-2H3;1-2H3. The van der Waals surface area contributed by atoms with Gasteiger partial charge in [0.1, 0.15) is 0 Å². The summed E-state index contributed by atoms with van der Waals surface area (Å²) in [5, 5.41) is 0. The first kappa shape index (κ1) is 12.4. The Bertz CT molecular complexity index is 140. The first-order valence-corrected chi connectivity index (χ1v) is 5.00. The molecule has 0 aromatic rings. The summed E-state index contributed by atoms with van der Waals surface area (Å²) in [7, 11) is 3.54. The predicted molar refractivity (Wildman–Crippen MR) is 53.6 cm³/mol. The van der Waals surface area contributed by atoms with E-state index in [1.165, 1.54) is 7.11 Å². The Labute approximate surface area is 81.1 Å². The molecule has 13 heavy (non-hydrogen) atoms. The third-order valence-electron chi connectivity index (χ3n) is 2.25. The molecule has 0 spiro atoms. The molecule has 0 unspecified atom stereocenters. The Morgan fingerprint density at radius 1 is 1.31 bits per heavy atom. The normalized spacial score (nSPS) is 18.8. The van der Waals surface area contributed by atoms with Crippen LogP contribution in [-0.4, -0.2) is 38.1 Å². The van der Waals surface area contributed by atoms with Crippen molar-refractivity contribution in [2.75, 3.05) is 27.2 Å². The maximum Gasteiger partial charge on any atom is 0.308 e. The molecule has 0 N–H and O–H groups in total. The lowest BCUT2D eigenvalue weighted by Crippen LogP contribution is -2.33. The van der Waals surface area contributed by atoms with Crippen LogP contribution in [0.1, 0.15) is 26.7 Å². The van der Waals surface area contributed by atoms with E-state index in [0.717, 1.165) is 25.9 Å². The lowest BCUT2D eigenvalue weighted by Gasteiger charge is -2.26. The molecule has 1 heterocycles. The van der Waals surface area contributed by atoms with E-state index in [0.29, 0.717) is 0 Å². The highest BCUT2D eigenvalue weighted by atomic mass is 16.5. The zero-order valence-corrected chi connectivity index (χ0v) is 9.17. The molecule has 0 aliphatic carbocycles. The lowest BCUT2D eigenvalue weighted by atomic mass is 9.98. The van der Waals surface area contributed by atoms with Crippen LogP contribution in [0.3, 0.4) is 0 Å². The monoisotopic (exact) mass is 187 g/mol. The fourth-order valence-corrected chi connectivity index (χ4v) is 1.41. The van der Waals surface area contributed by atoms with Crippen LogP contribution in [0.15, 0.2) is 0 Å². The molecular weight excluding hydrogens is 166 g/mol. The molecule has 0 aromatic carbocycles. The summed E-state index contributed by atoms with van der Waals surface area (Å²) in [6, 6.07) is 0. The van der Waals surface area contributed by atoms with E-state index in [4.69, 9.17) is 0 Å². The Balaban J connectivity index is 0.000000671. The van der Waals surface area contributed by atoms with Gasteiger partial charge >= 0.3 is 5.97 Å². The van der Waals surface area contributed by atoms with E-state index in [2.05, 4.69) is 16.7 Å². The van der Waals surface area contributed by atoms with Crippen molar-refractivity contribution in [3.8, 4) is 0 Å². The fourth-order valence-electron chi connectivity index (χ4n) is 1.41. The molecule has 0 atom stereocenters. The zero-order chi connectivity index (χ0) is 10.3. The Morgan fingerprint density at radius 2 is 1.77 bits per heavy atom. The second-order valence-electron chi connectivity index (χ2n) is 3.10. The van der Waals surface area contributed by atoms with Crippen LogP contribution in [0.5, 0.6) is 0 Å². The summed E-state index contributed by atoms with van der Waals surface area (Å²) < 4.78 is 4.67. The minimum atomic E-state index is -0.0434. The molecule has 1 fully saturated rings. The van der Waals surface area contributed by atoms with Gasteiger partial charge in [-0.25, -0.2) is 0 Å². The number of rotatable bonds is 1. The highest BCUT2D eigenvalue weighted by Crippen LogP contribution is 2.16. The molecule has 0 amide bonds. The van der Waals surface area contributed by atoms with Crippen molar-refractivity contribution < 1.29 is 9.53 Å². The van der Waals surface area contributed by atoms with Gasteiger partial charge in [0.25, 0.3) is 0 Å². The molecule has 1 aliphatic heterocycles. The third kappa shape index (κ3) is 4.27. The number of hydrogen-bond acceptors (Lipinski definition) is 3. The number of methoxy groups -OCH3 is 1. The van der Waals surface area contributed by atoms with Crippen molar-refractivity contribution >= 4 is 5.97 Å². The van der Waals surface area contributed by atoms with Crippen molar-refractivity contribution in [2.45, 2.75) is 26.7 Å². The molecule has 1 saturated heterocycles. The number of esters is 1. The summed E-state index contributed by atoms with van der Waals surface area (Å²) in [6.45, 7) is 6.03. The quantitative estimate of drug-likeness (QED) is 0.583. The third-order valence-corrected chi connectivity index (χ3v) is 2.25. The fraction of sp³-hybridized carbons (Fsp3) is 0.900. The van der Waals surface area contributed by atoms with Crippen LogP contribution in [-0.2, 0) is 9.53 Å². The molecule has 0 aromatic heterocycles. The summed E-state index contributed by atoms with van der Waals surface area (Å²) >= 11 is 0. The molecule has 78 valence electrons. The minimum absolute atomic E-state index is 0.0434. The van der Waals surface area contributed by atoms with Crippen LogP contribution in [0, 0.1) is 5.92 Å². The second-order valence-corrected chi connectivity index (χ2v) is 3.10. The van der Waals surface area contributed by atoms with Crippen LogP contribution in [0.2, 0.25) is 0 Å². The van der Waals surface area contributed by atoms with Crippen LogP contribution >= 0.6 is 0 Å². The molecule has 3 heteroatoms. The van der Waals surface area contributed by atoms with Gasteiger partial charge in [0, 0.05) is 0 Å². The number of nitrogens with zero attached hydrogens (tertiary/aromatic N) is 1. The highest BCUT2D eigenvalue weighted by molar-refractivity contribution is 5.72. The van der Waals surface area contributed by atoms with E-state index >= 15 is 0 Å². The number of carbonyl (C=O) groups excluding carboxylic acids is 1. The summed E-state index contributed by atoms with van der Waals surface area (Å²) in [5.41, 5.74) is 0. The van der Waals surface area contributed by atoms with Crippen LogP contribution in [0.25, 0.3) is 0 Å². The number of carbonyl (C=O) groups is 1. The van der Waals surface area contributed by atoms with Crippen LogP contribution in [0.4, 0.5) is 0 Å². The predicted octanol–water partition coefficient (Wildman–Crippen LogP) is 1.53. The maximum absolute atomic E-state index is 11.0. The van der Waals surface area contributed by atoms with E-state index in [-0.39, 0.29) is 11.9 Å². The van der Waals surface area contributed by atoms with E-state index in [9.17, 15) is 4.79 Å². The average Bonchev–Trinajstić information content (AvgIpc) is 2.21.